The molecule has 0 fully saturated rings. The van der Waals surface area contributed by atoms with Crippen molar-refractivity contribution >= 4 is 27.3 Å². The van der Waals surface area contributed by atoms with Gasteiger partial charge in [0, 0.05) is 18.4 Å². The Morgan fingerprint density at radius 1 is 1.42 bits per heavy atom. The molecule has 0 amide bonds. The molecule has 0 unspecified atom stereocenters. The maximum atomic E-state index is 12.0. The van der Waals surface area contributed by atoms with Crippen LogP contribution in [0, 0.1) is 0 Å². The van der Waals surface area contributed by atoms with Crippen LogP contribution in [0.3, 0.4) is 0 Å². The molecule has 0 atom stereocenters. The summed E-state index contributed by atoms with van der Waals surface area (Å²) >= 11 is 5.87. The third kappa shape index (κ3) is 3.43. The van der Waals surface area contributed by atoms with Gasteiger partial charge in [0.15, 0.2) is 0 Å². The third-order valence-corrected chi connectivity index (χ3v) is 4.29. The summed E-state index contributed by atoms with van der Waals surface area (Å²) in [6.45, 7) is 0.568. The Labute approximate surface area is 115 Å². The van der Waals surface area contributed by atoms with E-state index in [2.05, 4.69) is 15.0 Å². The zero-order valence-corrected chi connectivity index (χ0v) is 11.4. The van der Waals surface area contributed by atoms with Gasteiger partial charge in [0.2, 0.25) is 10.0 Å². The van der Waals surface area contributed by atoms with Crippen LogP contribution in [0.2, 0.25) is 5.02 Å². The highest BCUT2D eigenvalue weighted by molar-refractivity contribution is 7.89. The lowest BCUT2D eigenvalue weighted by atomic mass is 10.3. The molecule has 0 aliphatic heterocycles. The van der Waals surface area contributed by atoms with Crippen molar-refractivity contribution in [1.82, 2.24) is 19.7 Å². The normalized spacial score (nSPS) is 11.6. The van der Waals surface area contributed by atoms with Crippen LogP contribution in [0.1, 0.15) is 0 Å². The number of halogens is 1. The van der Waals surface area contributed by atoms with E-state index in [9.17, 15) is 8.42 Å². The van der Waals surface area contributed by atoms with Crippen molar-refractivity contribution in [3.63, 3.8) is 0 Å². The number of nitrogen functional groups attached to an aromatic ring is 1. The van der Waals surface area contributed by atoms with Gasteiger partial charge in [0.1, 0.15) is 4.90 Å². The Hall–Kier alpha value is -1.64. The van der Waals surface area contributed by atoms with Gasteiger partial charge in [-0.05, 0) is 18.2 Å². The molecule has 3 N–H and O–H groups in total. The summed E-state index contributed by atoms with van der Waals surface area (Å²) in [6, 6.07) is 4.25. The molecule has 9 heteroatoms. The SMILES string of the molecule is Nc1ccc(S(=O)(=O)NCCn2ccnn2)c(Cl)c1. The highest BCUT2D eigenvalue weighted by Gasteiger charge is 2.17. The van der Waals surface area contributed by atoms with E-state index in [1.165, 1.54) is 29.1 Å². The molecule has 0 bridgehead atoms. The number of nitrogens with zero attached hydrogens (tertiary/aromatic N) is 3. The van der Waals surface area contributed by atoms with E-state index >= 15 is 0 Å². The molecule has 0 spiro atoms. The van der Waals surface area contributed by atoms with Crippen LogP contribution in [-0.2, 0) is 16.6 Å². The first-order valence-corrected chi connectivity index (χ1v) is 7.24. The fourth-order valence-electron chi connectivity index (χ4n) is 1.46. The summed E-state index contributed by atoms with van der Waals surface area (Å²) in [6.07, 6.45) is 3.16. The standard InChI is InChI=1S/C10H12ClN5O2S/c11-9-7-8(12)1-2-10(9)19(17,18)14-4-6-16-5-3-13-15-16/h1-3,5,7,14H,4,6,12H2. The van der Waals surface area contributed by atoms with E-state index in [0.29, 0.717) is 12.2 Å². The predicted molar refractivity (Wildman–Crippen MR) is 71.1 cm³/mol. The minimum Gasteiger partial charge on any atom is -0.399 e. The number of sulfonamides is 1. The van der Waals surface area contributed by atoms with Crippen LogP contribution in [0.15, 0.2) is 35.5 Å². The summed E-state index contributed by atoms with van der Waals surface area (Å²) < 4.78 is 28.0. The van der Waals surface area contributed by atoms with Crippen LogP contribution in [0.25, 0.3) is 0 Å². The molecule has 1 aromatic carbocycles. The lowest BCUT2D eigenvalue weighted by molar-refractivity contribution is 0.553. The lowest BCUT2D eigenvalue weighted by Crippen LogP contribution is -2.27. The second-order valence-corrected chi connectivity index (χ2v) is 5.90. The number of hydrogen-bond acceptors (Lipinski definition) is 5. The van der Waals surface area contributed by atoms with Crippen molar-refractivity contribution in [2.75, 3.05) is 12.3 Å². The average molecular weight is 302 g/mol. The van der Waals surface area contributed by atoms with Gasteiger partial charge in [-0.3, -0.25) is 4.68 Å². The Morgan fingerprint density at radius 2 is 2.21 bits per heavy atom. The molecule has 2 rings (SSSR count). The maximum absolute atomic E-state index is 12.0. The minimum absolute atomic E-state index is 0.00181. The number of rotatable bonds is 5. The summed E-state index contributed by atoms with van der Waals surface area (Å²) in [4.78, 5) is 0.00181. The van der Waals surface area contributed by atoms with Crippen LogP contribution < -0.4 is 10.5 Å². The highest BCUT2D eigenvalue weighted by Crippen LogP contribution is 2.23. The van der Waals surface area contributed by atoms with E-state index in [-0.39, 0.29) is 16.5 Å². The van der Waals surface area contributed by atoms with Gasteiger partial charge < -0.3 is 5.73 Å². The van der Waals surface area contributed by atoms with Gasteiger partial charge in [-0.25, -0.2) is 13.1 Å². The largest absolute Gasteiger partial charge is 0.399 e. The summed E-state index contributed by atoms with van der Waals surface area (Å²) in [5, 5.41) is 7.44. The quantitative estimate of drug-likeness (QED) is 0.782. The molecule has 19 heavy (non-hydrogen) atoms. The molecule has 0 aliphatic rings. The predicted octanol–water partition coefficient (Wildman–Crippen LogP) is 0.492. The van der Waals surface area contributed by atoms with Gasteiger partial charge in [0.25, 0.3) is 0 Å². The smallest absolute Gasteiger partial charge is 0.242 e. The highest BCUT2D eigenvalue weighted by atomic mass is 35.5. The summed E-state index contributed by atoms with van der Waals surface area (Å²) in [7, 11) is -3.66. The summed E-state index contributed by atoms with van der Waals surface area (Å²) in [5.41, 5.74) is 5.93. The first-order valence-electron chi connectivity index (χ1n) is 5.38. The maximum Gasteiger partial charge on any atom is 0.242 e. The molecule has 2 aromatic rings. The van der Waals surface area contributed by atoms with Crippen molar-refractivity contribution < 1.29 is 8.42 Å². The third-order valence-electron chi connectivity index (χ3n) is 2.35. The number of anilines is 1. The number of nitrogens with one attached hydrogen (secondary N) is 1. The van der Waals surface area contributed by atoms with Crippen molar-refractivity contribution in [1.29, 1.82) is 0 Å². The van der Waals surface area contributed by atoms with Gasteiger partial charge in [-0.1, -0.05) is 16.8 Å². The molecular weight excluding hydrogens is 290 g/mol. The van der Waals surface area contributed by atoms with Crippen molar-refractivity contribution in [3.05, 3.63) is 35.6 Å². The van der Waals surface area contributed by atoms with Crippen LogP contribution >= 0.6 is 11.6 Å². The van der Waals surface area contributed by atoms with E-state index in [4.69, 9.17) is 17.3 Å². The fourth-order valence-corrected chi connectivity index (χ4v) is 3.03. The molecule has 7 nitrogen and oxygen atoms in total. The average Bonchev–Trinajstić information content (AvgIpc) is 2.81. The zero-order chi connectivity index (χ0) is 13.9. The van der Waals surface area contributed by atoms with E-state index < -0.39 is 10.0 Å². The van der Waals surface area contributed by atoms with E-state index in [1.807, 2.05) is 0 Å². The zero-order valence-electron chi connectivity index (χ0n) is 9.82. The Bertz CT molecular complexity index is 657. The molecular formula is C10H12ClN5O2S. The topological polar surface area (TPSA) is 103 Å². The van der Waals surface area contributed by atoms with Crippen molar-refractivity contribution in [2.45, 2.75) is 11.4 Å². The van der Waals surface area contributed by atoms with E-state index in [1.54, 1.807) is 6.20 Å². The molecule has 0 radical (unpaired) electrons. The molecule has 0 aliphatic carbocycles. The van der Waals surface area contributed by atoms with Crippen molar-refractivity contribution in [3.8, 4) is 0 Å². The molecule has 1 aromatic heterocycles. The van der Waals surface area contributed by atoms with Crippen LogP contribution in [0.5, 0.6) is 0 Å². The van der Waals surface area contributed by atoms with Gasteiger partial charge in [-0.15, -0.1) is 5.10 Å². The molecule has 1 heterocycles. The fraction of sp³-hybridized carbons (Fsp3) is 0.200. The second kappa shape index (κ2) is 5.55. The van der Waals surface area contributed by atoms with E-state index in [0.717, 1.165) is 0 Å². The number of aromatic nitrogens is 3. The Kier molecular flexibility index (Phi) is 4.03. The monoisotopic (exact) mass is 301 g/mol. The molecule has 102 valence electrons. The van der Waals surface area contributed by atoms with Crippen LogP contribution in [0.4, 0.5) is 5.69 Å². The van der Waals surface area contributed by atoms with Gasteiger partial charge in [-0.2, -0.15) is 0 Å². The first kappa shape index (κ1) is 13.8. The van der Waals surface area contributed by atoms with Gasteiger partial charge >= 0.3 is 0 Å². The number of nitrogens with two attached hydrogens (primary N) is 1. The first-order chi connectivity index (χ1) is 8.99. The summed E-state index contributed by atoms with van der Waals surface area (Å²) in [5.74, 6) is 0. The second-order valence-electron chi connectivity index (χ2n) is 3.75. The van der Waals surface area contributed by atoms with Crippen LogP contribution in [-0.4, -0.2) is 30.0 Å². The molecule has 0 saturated heterocycles. The number of benzene rings is 1. The lowest BCUT2D eigenvalue weighted by Gasteiger charge is -2.08. The Morgan fingerprint density at radius 3 is 2.84 bits per heavy atom. The van der Waals surface area contributed by atoms with Gasteiger partial charge in [0.05, 0.1) is 17.8 Å². The Balaban J connectivity index is 2.05. The molecule has 0 saturated carbocycles. The minimum atomic E-state index is -3.66. The number of hydrogen-bond donors (Lipinski definition) is 2. The van der Waals surface area contributed by atoms with Crippen molar-refractivity contribution in [2.24, 2.45) is 0 Å².